The van der Waals surface area contributed by atoms with Crippen LogP contribution in [0.3, 0.4) is 0 Å². The second kappa shape index (κ2) is 7.09. The predicted octanol–water partition coefficient (Wildman–Crippen LogP) is 3.45. The lowest BCUT2D eigenvalue weighted by atomic mass is 10.1. The number of anilines is 1. The highest BCUT2D eigenvalue weighted by atomic mass is 16.5. The van der Waals surface area contributed by atoms with E-state index < -0.39 is 0 Å². The molecule has 25 heavy (non-hydrogen) atoms. The highest BCUT2D eigenvalue weighted by molar-refractivity contribution is 6.08. The molecule has 0 aliphatic heterocycles. The van der Waals surface area contributed by atoms with Gasteiger partial charge in [0, 0.05) is 18.1 Å². The standard InChI is InChI=1S/C19H19N3O3/c1-13-12-14(22-11-5-10-20-22)8-9-15(13)21-19(23)18-16(24-2)6-4-7-17(18)25-3/h4-12H,1-3H3,(H,21,23). The van der Waals surface area contributed by atoms with Crippen LogP contribution < -0.4 is 14.8 Å². The van der Waals surface area contributed by atoms with Crippen LogP contribution in [-0.4, -0.2) is 29.9 Å². The number of nitrogens with one attached hydrogen (secondary N) is 1. The number of methoxy groups -OCH3 is 2. The molecule has 0 saturated heterocycles. The summed E-state index contributed by atoms with van der Waals surface area (Å²) >= 11 is 0. The van der Waals surface area contributed by atoms with Crippen molar-refractivity contribution >= 4 is 11.6 Å². The molecule has 1 aromatic heterocycles. The second-order valence-electron chi connectivity index (χ2n) is 5.44. The van der Waals surface area contributed by atoms with Gasteiger partial charge in [-0.3, -0.25) is 4.79 Å². The molecule has 0 unspecified atom stereocenters. The normalized spacial score (nSPS) is 10.4. The van der Waals surface area contributed by atoms with E-state index in [0.29, 0.717) is 22.7 Å². The summed E-state index contributed by atoms with van der Waals surface area (Å²) in [5, 5.41) is 7.13. The predicted molar refractivity (Wildman–Crippen MR) is 95.8 cm³/mol. The van der Waals surface area contributed by atoms with Gasteiger partial charge in [0.05, 0.1) is 19.9 Å². The number of rotatable bonds is 5. The third-order valence-corrected chi connectivity index (χ3v) is 3.88. The zero-order valence-electron chi connectivity index (χ0n) is 14.3. The Balaban J connectivity index is 1.89. The molecule has 0 spiro atoms. The Bertz CT molecular complexity index is 867. The number of hydrogen-bond donors (Lipinski definition) is 1. The molecule has 128 valence electrons. The van der Waals surface area contributed by atoms with E-state index in [1.807, 2.05) is 37.4 Å². The fourth-order valence-corrected chi connectivity index (χ4v) is 2.61. The molecule has 0 saturated carbocycles. The van der Waals surface area contributed by atoms with Gasteiger partial charge in [-0.25, -0.2) is 4.68 Å². The first-order chi connectivity index (χ1) is 12.1. The number of amides is 1. The monoisotopic (exact) mass is 337 g/mol. The van der Waals surface area contributed by atoms with Crippen LogP contribution in [0, 0.1) is 6.92 Å². The van der Waals surface area contributed by atoms with E-state index in [0.717, 1.165) is 11.3 Å². The molecule has 0 aliphatic rings. The van der Waals surface area contributed by atoms with Gasteiger partial charge in [-0.05, 0) is 48.9 Å². The lowest BCUT2D eigenvalue weighted by molar-refractivity contribution is 0.102. The Labute approximate surface area is 146 Å². The minimum atomic E-state index is -0.288. The van der Waals surface area contributed by atoms with Gasteiger partial charge >= 0.3 is 0 Å². The summed E-state index contributed by atoms with van der Waals surface area (Å²) in [5.41, 5.74) is 2.93. The van der Waals surface area contributed by atoms with Crippen molar-refractivity contribution < 1.29 is 14.3 Å². The molecule has 1 amide bonds. The number of carbonyl (C=O) groups excluding carboxylic acids is 1. The molecule has 6 heteroatoms. The number of carbonyl (C=O) groups is 1. The molecular weight excluding hydrogens is 318 g/mol. The lowest BCUT2D eigenvalue weighted by Gasteiger charge is -2.14. The summed E-state index contributed by atoms with van der Waals surface area (Å²) < 4.78 is 12.4. The number of hydrogen-bond acceptors (Lipinski definition) is 4. The summed E-state index contributed by atoms with van der Waals surface area (Å²) in [6, 6.07) is 12.8. The van der Waals surface area contributed by atoms with Crippen molar-refractivity contribution in [1.82, 2.24) is 9.78 Å². The van der Waals surface area contributed by atoms with Gasteiger partial charge in [0.15, 0.2) is 0 Å². The molecule has 0 aliphatic carbocycles. The van der Waals surface area contributed by atoms with Crippen molar-refractivity contribution in [2.24, 2.45) is 0 Å². The van der Waals surface area contributed by atoms with Crippen LogP contribution in [0.1, 0.15) is 15.9 Å². The quantitative estimate of drug-likeness (QED) is 0.774. The fourth-order valence-electron chi connectivity index (χ4n) is 2.61. The summed E-state index contributed by atoms with van der Waals surface area (Å²) in [7, 11) is 3.05. The minimum absolute atomic E-state index is 0.288. The smallest absolute Gasteiger partial charge is 0.263 e. The van der Waals surface area contributed by atoms with Crippen molar-refractivity contribution in [1.29, 1.82) is 0 Å². The van der Waals surface area contributed by atoms with E-state index in [1.165, 1.54) is 14.2 Å². The lowest BCUT2D eigenvalue weighted by Crippen LogP contribution is -2.15. The summed E-state index contributed by atoms with van der Waals surface area (Å²) in [6.45, 7) is 1.93. The molecule has 1 heterocycles. The van der Waals surface area contributed by atoms with Gasteiger partial charge in [0.25, 0.3) is 5.91 Å². The topological polar surface area (TPSA) is 65.4 Å². The first-order valence-corrected chi connectivity index (χ1v) is 7.77. The van der Waals surface area contributed by atoms with Crippen molar-refractivity contribution in [2.75, 3.05) is 19.5 Å². The largest absolute Gasteiger partial charge is 0.496 e. The molecular formula is C19H19N3O3. The highest BCUT2D eigenvalue weighted by Crippen LogP contribution is 2.29. The van der Waals surface area contributed by atoms with E-state index in [9.17, 15) is 4.79 Å². The van der Waals surface area contributed by atoms with Crippen LogP contribution in [0.2, 0.25) is 0 Å². The molecule has 3 rings (SSSR count). The van der Waals surface area contributed by atoms with Crippen LogP contribution in [0.25, 0.3) is 5.69 Å². The van der Waals surface area contributed by atoms with Gasteiger partial charge in [-0.1, -0.05) is 6.07 Å². The maximum Gasteiger partial charge on any atom is 0.263 e. The Morgan fingerprint density at radius 3 is 2.36 bits per heavy atom. The highest BCUT2D eigenvalue weighted by Gasteiger charge is 2.19. The van der Waals surface area contributed by atoms with E-state index in [-0.39, 0.29) is 5.91 Å². The van der Waals surface area contributed by atoms with E-state index in [4.69, 9.17) is 9.47 Å². The maximum absolute atomic E-state index is 12.8. The first-order valence-electron chi connectivity index (χ1n) is 7.77. The van der Waals surface area contributed by atoms with Gasteiger partial charge in [-0.2, -0.15) is 5.10 Å². The number of nitrogens with zero attached hydrogens (tertiary/aromatic N) is 2. The van der Waals surface area contributed by atoms with Gasteiger partial charge < -0.3 is 14.8 Å². The van der Waals surface area contributed by atoms with Crippen molar-refractivity contribution in [3.63, 3.8) is 0 Å². The maximum atomic E-state index is 12.8. The fraction of sp³-hybridized carbons (Fsp3) is 0.158. The molecule has 6 nitrogen and oxygen atoms in total. The second-order valence-corrected chi connectivity index (χ2v) is 5.44. The third kappa shape index (κ3) is 3.33. The zero-order chi connectivity index (χ0) is 17.8. The number of aromatic nitrogens is 2. The van der Waals surface area contributed by atoms with Crippen LogP contribution in [-0.2, 0) is 0 Å². The van der Waals surface area contributed by atoms with Crippen LogP contribution in [0.5, 0.6) is 11.5 Å². The molecule has 2 aromatic carbocycles. The van der Waals surface area contributed by atoms with Crippen LogP contribution >= 0.6 is 0 Å². The average molecular weight is 337 g/mol. The first kappa shape index (κ1) is 16.6. The molecule has 0 radical (unpaired) electrons. The molecule has 0 bridgehead atoms. The van der Waals surface area contributed by atoms with Crippen LogP contribution in [0.15, 0.2) is 54.9 Å². The van der Waals surface area contributed by atoms with Crippen LogP contribution in [0.4, 0.5) is 5.69 Å². The van der Waals surface area contributed by atoms with Crippen molar-refractivity contribution in [3.05, 3.63) is 66.0 Å². The molecule has 0 fully saturated rings. The minimum Gasteiger partial charge on any atom is -0.496 e. The van der Waals surface area contributed by atoms with Crippen molar-refractivity contribution in [2.45, 2.75) is 6.92 Å². The van der Waals surface area contributed by atoms with E-state index >= 15 is 0 Å². The molecule has 0 atom stereocenters. The Kier molecular flexibility index (Phi) is 4.70. The Morgan fingerprint density at radius 1 is 1.08 bits per heavy atom. The zero-order valence-corrected chi connectivity index (χ0v) is 14.3. The number of ether oxygens (including phenoxy) is 2. The number of aryl methyl sites for hydroxylation is 1. The average Bonchev–Trinajstić information content (AvgIpc) is 3.17. The molecule has 3 aromatic rings. The SMILES string of the molecule is COc1cccc(OC)c1C(=O)Nc1ccc(-n2cccn2)cc1C. The summed E-state index contributed by atoms with van der Waals surface area (Å²) in [5.74, 6) is 0.634. The Morgan fingerprint density at radius 2 is 1.80 bits per heavy atom. The van der Waals surface area contributed by atoms with Gasteiger partial charge in [0.2, 0.25) is 0 Å². The number of benzene rings is 2. The van der Waals surface area contributed by atoms with E-state index in [2.05, 4.69) is 10.4 Å². The van der Waals surface area contributed by atoms with Gasteiger partial charge in [-0.15, -0.1) is 0 Å². The summed E-state index contributed by atoms with van der Waals surface area (Å²) in [4.78, 5) is 12.8. The van der Waals surface area contributed by atoms with Crippen molar-refractivity contribution in [3.8, 4) is 17.2 Å². The summed E-state index contributed by atoms with van der Waals surface area (Å²) in [6.07, 6.45) is 3.59. The van der Waals surface area contributed by atoms with Gasteiger partial charge in [0.1, 0.15) is 17.1 Å². The Hall–Kier alpha value is -3.28. The third-order valence-electron chi connectivity index (χ3n) is 3.88. The molecule has 1 N–H and O–H groups in total. The van der Waals surface area contributed by atoms with E-state index in [1.54, 1.807) is 29.1 Å².